The Morgan fingerprint density at radius 1 is 1.14 bits per heavy atom. The molecule has 2 rings (SSSR count). The van der Waals surface area contributed by atoms with Crippen molar-refractivity contribution in [1.82, 2.24) is 4.72 Å². The van der Waals surface area contributed by atoms with Crippen LogP contribution in [0.2, 0.25) is 0 Å². The van der Waals surface area contributed by atoms with Gasteiger partial charge in [-0.3, -0.25) is 0 Å². The summed E-state index contributed by atoms with van der Waals surface area (Å²) >= 11 is 6.54. The minimum atomic E-state index is -3.67. The zero-order valence-electron chi connectivity index (χ0n) is 11.0. The highest BCUT2D eigenvalue weighted by Gasteiger charge is 2.21. The number of nitrogens with one attached hydrogen (secondary N) is 1. The van der Waals surface area contributed by atoms with E-state index in [-0.39, 0.29) is 10.6 Å². The highest BCUT2D eigenvalue weighted by molar-refractivity contribution is 9.11. The molecule has 1 atom stereocenters. The lowest BCUT2D eigenvalue weighted by atomic mass is 10.1. The molecule has 0 aliphatic carbocycles. The summed E-state index contributed by atoms with van der Waals surface area (Å²) < 4.78 is 28.7. The molecule has 0 saturated carbocycles. The minimum Gasteiger partial charge on any atom is -0.508 e. The van der Waals surface area contributed by atoms with E-state index in [9.17, 15) is 13.5 Å². The molecule has 21 heavy (non-hydrogen) atoms. The first-order valence-electron chi connectivity index (χ1n) is 6.06. The van der Waals surface area contributed by atoms with Gasteiger partial charge in [-0.2, -0.15) is 0 Å². The first kappa shape index (κ1) is 16.5. The molecule has 0 fully saturated rings. The van der Waals surface area contributed by atoms with E-state index in [1.165, 1.54) is 18.2 Å². The van der Waals surface area contributed by atoms with Crippen LogP contribution in [0.25, 0.3) is 0 Å². The summed E-state index contributed by atoms with van der Waals surface area (Å²) in [7, 11) is -3.67. The van der Waals surface area contributed by atoms with Crippen LogP contribution in [0.4, 0.5) is 0 Å². The van der Waals surface area contributed by atoms with Crippen LogP contribution in [-0.2, 0) is 10.0 Å². The first-order valence-corrected chi connectivity index (χ1v) is 9.13. The number of phenolic OH excluding ortho intramolecular Hbond substituents is 1. The molecule has 0 aliphatic heterocycles. The van der Waals surface area contributed by atoms with Crippen LogP contribution < -0.4 is 4.72 Å². The van der Waals surface area contributed by atoms with Crippen molar-refractivity contribution in [2.75, 3.05) is 0 Å². The summed E-state index contributed by atoms with van der Waals surface area (Å²) in [6, 6.07) is 10.9. The molecule has 2 aromatic carbocycles. The Balaban J connectivity index is 2.29. The largest absolute Gasteiger partial charge is 0.508 e. The summed E-state index contributed by atoms with van der Waals surface area (Å²) in [4.78, 5) is 0.165. The fourth-order valence-corrected chi connectivity index (χ4v) is 4.83. The number of sulfonamides is 1. The molecule has 0 spiro atoms. The van der Waals surface area contributed by atoms with Crippen LogP contribution in [0, 0.1) is 0 Å². The fraction of sp³-hybridized carbons (Fsp3) is 0.143. The third kappa shape index (κ3) is 4.06. The van der Waals surface area contributed by atoms with Crippen molar-refractivity contribution in [3.8, 4) is 5.75 Å². The molecule has 0 bridgehead atoms. The van der Waals surface area contributed by atoms with Gasteiger partial charge in [0, 0.05) is 15.0 Å². The maximum absolute atomic E-state index is 12.4. The lowest BCUT2D eigenvalue weighted by Crippen LogP contribution is -2.27. The van der Waals surface area contributed by atoms with Crippen molar-refractivity contribution in [1.29, 1.82) is 0 Å². The Morgan fingerprint density at radius 2 is 1.86 bits per heavy atom. The van der Waals surface area contributed by atoms with Crippen molar-refractivity contribution in [2.45, 2.75) is 17.9 Å². The Hall–Kier alpha value is -0.890. The van der Waals surface area contributed by atoms with Gasteiger partial charge in [-0.1, -0.05) is 28.1 Å². The number of rotatable bonds is 4. The molecular weight excluding hydrogens is 422 g/mol. The number of aromatic hydroxyl groups is 1. The molecule has 0 aromatic heterocycles. The predicted molar refractivity (Wildman–Crippen MR) is 88.7 cm³/mol. The summed E-state index contributed by atoms with van der Waals surface area (Å²) in [6.07, 6.45) is 0. The van der Waals surface area contributed by atoms with Gasteiger partial charge >= 0.3 is 0 Å². The van der Waals surface area contributed by atoms with E-state index in [2.05, 4.69) is 36.6 Å². The van der Waals surface area contributed by atoms with E-state index in [4.69, 9.17) is 0 Å². The van der Waals surface area contributed by atoms with E-state index < -0.39 is 16.1 Å². The van der Waals surface area contributed by atoms with Crippen molar-refractivity contribution >= 4 is 41.9 Å². The maximum Gasteiger partial charge on any atom is 0.242 e. The van der Waals surface area contributed by atoms with Gasteiger partial charge in [0.05, 0.1) is 4.90 Å². The lowest BCUT2D eigenvalue weighted by Gasteiger charge is -2.15. The number of phenols is 1. The van der Waals surface area contributed by atoms with Gasteiger partial charge in [0.25, 0.3) is 0 Å². The normalized spacial score (nSPS) is 13.1. The minimum absolute atomic E-state index is 0.100. The quantitative estimate of drug-likeness (QED) is 0.765. The van der Waals surface area contributed by atoms with Crippen molar-refractivity contribution in [3.63, 3.8) is 0 Å². The Kier molecular flexibility index (Phi) is 5.08. The molecule has 4 nitrogen and oxygen atoms in total. The van der Waals surface area contributed by atoms with E-state index in [0.717, 1.165) is 4.47 Å². The van der Waals surface area contributed by atoms with Gasteiger partial charge in [0.15, 0.2) is 0 Å². The zero-order valence-corrected chi connectivity index (χ0v) is 15.0. The van der Waals surface area contributed by atoms with E-state index >= 15 is 0 Å². The van der Waals surface area contributed by atoms with E-state index in [1.54, 1.807) is 31.2 Å². The average molecular weight is 435 g/mol. The van der Waals surface area contributed by atoms with Crippen LogP contribution >= 0.6 is 31.9 Å². The lowest BCUT2D eigenvalue weighted by molar-refractivity contribution is 0.473. The van der Waals surface area contributed by atoms with Gasteiger partial charge in [-0.25, -0.2) is 13.1 Å². The maximum atomic E-state index is 12.4. The molecule has 0 saturated heterocycles. The standard InChI is InChI=1S/C14H13Br2NO3S/c1-9(10-3-2-4-12(18)7-10)17-21(19,20)14-6-5-11(15)8-13(14)16/h2-9,17-18H,1H3. The zero-order chi connectivity index (χ0) is 15.6. The molecule has 2 aromatic rings. The van der Waals surface area contributed by atoms with Gasteiger partial charge in [0.2, 0.25) is 10.0 Å². The topological polar surface area (TPSA) is 66.4 Å². The van der Waals surface area contributed by atoms with Crippen LogP contribution in [0.15, 0.2) is 56.3 Å². The van der Waals surface area contributed by atoms with Crippen molar-refractivity contribution < 1.29 is 13.5 Å². The van der Waals surface area contributed by atoms with Crippen LogP contribution in [0.1, 0.15) is 18.5 Å². The molecule has 1 unspecified atom stereocenters. The second kappa shape index (κ2) is 6.48. The first-order chi connectivity index (χ1) is 9.79. The molecule has 7 heteroatoms. The molecule has 112 valence electrons. The second-order valence-electron chi connectivity index (χ2n) is 4.51. The number of halogens is 2. The molecule has 0 heterocycles. The molecule has 2 N–H and O–H groups in total. The summed E-state index contributed by atoms with van der Waals surface area (Å²) in [6.45, 7) is 1.72. The predicted octanol–water partition coefficient (Wildman–Crippen LogP) is 3.96. The summed E-state index contributed by atoms with van der Waals surface area (Å²) in [5.74, 6) is 0.100. The van der Waals surface area contributed by atoms with Gasteiger partial charge in [-0.15, -0.1) is 0 Å². The summed E-state index contributed by atoms with van der Waals surface area (Å²) in [5.41, 5.74) is 0.687. The second-order valence-corrected chi connectivity index (χ2v) is 7.97. The fourth-order valence-electron chi connectivity index (χ4n) is 1.85. The monoisotopic (exact) mass is 433 g/mol. The molecular formula is C14H13Br2NO3S. The smallest absolute Gasteiger partial charge is 0.242 e. The Morgan fingerprint density at radius 3 is 2.48 bits per heavy atom. The number of hydrogen-bond acceptors (Lipinski definition) is 3. The summed E-state index contributed by atoms with van der Waals surface area (Å²) in [5, 5.41) is 9.46. The number of hydrogen-bond donors (Lipinski definition) is 2. The van der Waals surface area contributed by atoms with Crippen LogP contribution in [0.5, 0.6) is 5.75 Å². The third-order valence-corrected chi connectivity index (χ3v) is 5.90. The Labute approximate surface area is 140 Å². The van der Waals surface area contributed by atoms with Gasteiger partial charge in [-0.05, 0) is 58.7 Å². The van der Waals surface area contributed by atoms with E-state index in [0.29, 0.717) is 10.0 Å². The van der Waals surface area contributed by atoms with Gasteiger partial charge in [0.1, 0.15) is 5.75 Å². The molecule has 0 radical (unpaired) electrons. The highest BCUT2D eigenvalue weighted by atomic mass is 79.9. The average Bonchev–Trinajstić information content (AvgIpc) is 2.37. The van der Waals surface area contributed by atoms with Crippen LogP contribution in [0.3, 0.4) is 0 Å². The van der Waals surface area contributed by atoms with Gasteiger partial charge < -0.3 is 5.11 Å². The molecule has 0 aliphatic rings. The highest BCUT2D eigenvalue weighted by Crippen LogP contribution is 2.27. The SMILES string of the molecule is CC(NS(=O)(=O)c1ccc(Br)cc1Br)c1cccc(O)c1. The molecule has 0 amide bonds. The van der Waals surface area contributed by atoms with Crippen LogP contribution in [-0.4, -0.2) is 13.5 Å². The number of benzene rings is 2. The van der Waals surface area contributed by atoms with Crippen molar-refractivity contribution in [3.05, 3.63) is 57.0 Å². The third-order valence-electron chi connectivity index (χ3n) is 2.89. The van der Waals surface area contributed by atoms with E-state index in [1.807, 2.05) is 0 Å². The van der Waals surface area contributed by atoms with Crippen molar-refractivity contribution in [2.24, 2.45) is 0 Å². The Bertz CT molecular complexity index is 763.